The molecule has 0 spiro atoms. The Morgan fingerprint density at radius 1 is 1.29 bits per heavy atom. The molecule has 1 N–H and O–H groups in total. The van der Waals surface area contributed by atoms with Gasteiger partial charge in [0.1, 0.15) is 6.04 Å². The third-order valence-corrected chi connectivity index (χ3v) is 6.90. The quantitative estimate of drug-likeness (QED) is 0.924. The minimum absolute atomic E-state index is 0.169. The van der Waals surface area contributed by atoms with E-state index in [9.17, 15) is 4.79 Å². The van der Waals surface area contributed by atoms with Crippen LogP contribution in [0, 0.1) is 0 Å². The van der Waals surface area contributed by atoms with Crippen molar-refractivity contribution in [3.05, 3.63) is 35.9 Å². The number of carbonyl (C=O) groups is 1. The molecule has 0 radical (unpaired) electrons. The second kappa shape index (κ2) is 7.07. The van der Waals surface area contributed by atoms with Crippen LogP contribution in [0.2, 0.25) is 0 Å². The van der Waals surface area contributed by atoms with E-state index in [1.807, 2.05) is 53.9 Å². The number of nitrogens with one attached hydrogen (secondary N) is 1. The molecule has 2 saturated heterocycles. The van der Waals surface area contributed by atoms with Gasteiger partial charge in [0.2, 0.25) is 5.91 Å². The van der Waals surface area contributed by atoms with E-state index in [1.54, 1.807) is 0 Å². The number of rotatable bonds is 4. The minimum atomic E-state index is -0.169. The summed E-state index contributed by atoms with van der Waals surface area (Å²) in [5, 5.41) is 4.09. The van der Waals surface area contributed by atoms with Crippen LogP contribution < -0.4 is 5.32 Å². The van der Waals surface area contributed by atoms with Crippen molar-refractivity contribution >= 4 is 29.4 Å². The maximum absolute atomic E-state index is 12.8. The summed E-state index contributed by atoms with van der Waals surface area (Å²) in [6, 6.07) is 9.91. The smallest absolute Gasteiger partial charge is 0.245 e. The molecular weight excluding hydrogens is 300 g/mol. The van der Waals surface area contributed by atoms with E-state index in [-0.39, 0.29) is 18.1 Å². The molecule has 114 valence electrons. The highest BCUT2D eigenvalue weighted by molar-refractivity contribution is 8.06. The van der Waals surface area contributed by atoms with Crippen LogP contribution in [-0.4, -0.2) is 46.0 Å². The van der Waals surface area contributed by atoms with Crippen molar-refractivity contribution in [1.82, 2.24) is 10.2 Å². The van der Waals surface area contributed by atoms with Crippen LogP contribution in [0.25, 0.3) is 0 Å². The zero-order valence-corrected chi connectivity index (χ0v) is 14.0. The summed E-state index contributed by atoms with van der Waals surface area (Å²) >= 11 is 4.03. The Morgan fingerprint density at radius 3 is 2.76 bits per heavy atom. The Hall–Kier alpha value is -0.650. The third kappa shape index (κ3) is 3.41. The van der Waals surface area contributed by atoms with Crippen LogP contribution >= 0.6 is 23.5 Å². The Balaban J connectivity index is 1.72. The fraction of sp³-hybridized carbons (Fsp3) is 0.562. The molecule has 3 rings (SSSR count). The average molecular weight is 322 g/mol. The largest absolute Gasteiger partial charge is 0.324 e. The van der Waals surface area contributed by atoms with Crippen LogP contribution in [0.4, 0.5) is 0 Å². The van der Waals surface area contributed by atoms with Gasteiger partial charge < -0.3 is 4.90 Å². The van der Waals surface area contributed by atoms with Gasteiger partial charge in [-0.15, -0.1) is 0 Å². The van der Waals surface area contributed by atoms with Gasteiger partial charge in [-0.1, -0.05) is 37.3 Å². The first-order valence-corrected chi connectivity index (χ1v) is 9.80. The highest BCUT2D eigenvalue weighted by Gasteiger charge is 2.39. The lowest BCUT2D eigenvalue weighted by atomic mass is 10.1. The van der Waals surface area contributed by atoms with Crippen LogP contribution in [0.1, 0.15) is 24.9 Å². The van der Waals surface area contributed by atoms with Crippen LogP contribution in [0.3, 0.4) is 0 Å². The van der Waals surface area contributed by atoms with Crippen molar-refractivity contribution in [3.8, 4) is 0 Å². The van der Waals surface area contributed by atoms with E-state index >= 15 is 0 Å². The van der Waals surface area contributed by atoms with Crippen molar-refractivity contribution in [2.24, 2.45) is 0 Å². The highest BCUT2D eigenvalue weighted by atomic mass is 32.2. The number of benzene rings is 1. The molecule has 2 heterocycles. The van der Waals surface area contributed by atoms with Crippen LogP contribution in [-0.2, 0) is 4.79 Å². The molecule has 2 aliphatic heterocycles. The summed E-state index contributed by atoms with van der Waals surface area (Å²) in [5.41, 5.74) is 1.08. The minimum Gasteiger partial charge on any atom is -0.324 e. The number of carbonyl (C=O) groups excluding carboxylic acids is 1. The Kier molecular flexibility index (Phi) is 5.14. The van der Waals surface area contributed by atoms with Gasteiger partial charge in [-0.3, -0.25) is 10.1 Å². The number of hydrogen-bond donors (Lipinski definition) is 1. The van der Waals surface area contributed by atoms with Crippen molar-refractivity contribution in [3.63, 3.8) is 0 Å². The highest BCUT2D eigenvalue weighted by Crippen LogP contribution is 2.30. The van der Waals surface area contributed by atoms with Crippen molar-refractivity contribution in [2.45, 2.75) is 30.8 Å². The Bertz CT molecular complexity index is 476. The lowest BCUT2D eigenvalue weighted by molar-refractivity contribution is -0.130. The SMILES string of the molecule is CCC1NC(c2ccccc2)C(=O)N1CC1CSCCS1. The van der Waals surface area contributed by atoms with Crippen LogP contribution in [0.5, 0.6) is 0 Å². The average Bonchev–Trinajstić information content (AvgIpc) is 2.86. The number of nitrogens with zero attached hydrogens (tertiary/aromatic N) is 1. The molecule has 1 aromatic carbocycles. The van der Waals surface area contributed by atoms with Crippen molar-refractivity contribution in [2.75, 3.05) is 23.8 Å². The van der Waals surface area contributed by atoms with Gasteiger partial charge in [-0.2, -0.15) is 23.5 Å². The molecule has 21 heavy (non-hydrogen) atoms. The Morgan fingerprint density at radius 2 is 2.10 bits per heavy atom. The first kappa shape index (κ1) is 15.3. The molecule has 0 aliphatic carbocycles. The summed E-state index contributed by atoms with van der Waals surface area (Å²) in [4.78, 5) is 14.9. The molecule has 1 amide bonds. The van der Waals surface area contributed by atoms with Gasteiger partial charge in [0, 0.05) is 29.1 Å². The van der Waals surface area contributed by atoms with Gasteiger partial charge in [-0.25, -0.2) is 0 Å². The molecule has 1 aromatic rings. The predicted molar refractivity (Wildman–Crippen MR) is 91.7 cm³/mol. The molecule has 3 nitrogen and oxygen atoms in total. The second-order valence-corrected chi connectivity index (χ2v) is 8.05. The van der Waals surface area contributed by atoms with E-state index < -0.39 is 0 Å². The molecule has 0 bridgehead atoms. The van der Waals surface area contributed by atoms with E-state index in [1.165, 1.54) is 17.3 Å². The summed E-state index contributed by atoms with van der Waals surface area (Å²) in [5.74, 6) is 3.87. The summed E-state index contributed by atoms with van der Waals surface area (Å²) < 4.78 is 0. The maximum Gasteiger partial charge on any atom is 0.245 e. The summed E-state index contributed by atoms with van der Waals surface area (Å²) in [7, 11) is 0. The van der Waals surface area contributed by atoms with Gasteiger partial charge in [0.25, 0.3) is 0 Å². The van der Waals surface area contributed by atoms with E-state index in [0.29, 0.717) is 5.25 Å². The number of amides is 1. The summed E-state index contributed by atoms with van der Waals surface area (Å²) in [6.07, 6.45) is 1.13. The fourth-order valence-electron chi connectivity index (χ4n) is 2.97. The van der Waals surface area contributed by atoms with E-state index in [0.717, 1.165) is 18.5 Å². The van der Waals surface area contributed by atoms with Gasteiger partial charge in [0.05, 0.1) is 6.17 Å². The molecule has 3 unspecified atom stereocenters. The third-order valence-electron chi connectivity index (χ3n) is 4.07. The molecule has 2 fully saturated rings. The number of hydrogen-bond acceptors (Lipinski definition) is 4. The molecule has 0 aromatic heterocycles. The van der Waals surface area contributed by atoms with E-state index in [2.05, 4.69) is 17.1 Å². The van der Waals surface area contributed by atoms with Crippen molar-refractivity contribution in [1.29, 1.82) is 0 Å². The van der Waals surface area contributed by atoms with Gasteiger partial charge in [0.15, 0.2) is 0 Å². The van der Waals surface area contributed by atoms with Crippen LogP contribution in [0.15, 0.2) is 30.3 Å². The first-order chi connectivity index (χ1) is 10.3. The molecule has 0 saturated carbocycles. The number of thioether (sulfide) groups is 2. The van der Waals surface area contributed by atoms with Gasteiger partial charge >= 0.3 is 0 Å². The molecule has 2 aliphatic rings. The van der Waals surface area contributed by atoms with Gasteiger partial charge in [-0.05, 0) is 12.0 Å². The standard InChI is InChI=1S/C16H22N2OS2/c1-2-14-17-15(12-6-4-3-5-7-12)16(19)18(14)10-13-11-20-8-9-21-13/h3-7,13-15,17H,2,8-11H2,1H3. The zero-order valence-electron chi connectivity index (χ0n) is 12.3. The second-order valence-electron chi connectivity index (χ2n) is 5.49. The van der Waals surface area contributed by atoms with Crippen molar-refractivity contribution < 1.29 is 4.79 Å². The van der Waals surface area contributed by atoms with E-state index in [4.69, 9.17) is 0 Å². The fourth-order valence-corrected chi connectivity index (χ4v) is 5.64. The monoisotopic (exact) mass is 322 g/mol. The summed E-state index contributed by atoms with van der Waals surface area (Å²) in [6.45, 7) is 3.03. The first-order valence-electron chi connectivity index (χ1n) is 7.60. The topological polar surface area (TPSA) is 32.3 Å². The lowest BCUT2D eigenvalue weighted by Crippen LogP contribution is -2.42. The maximum atomic E-state index is 12.8. The normalized spacial score (nSPS) is 29.9. The molecule has 3 atom stereocenters. The lowest BCUT2D eigenvalue weighted by Gasteiger charge is -2.29. The Labute approximate surface area is 135 Å². The molecular formula is C16H22N2OS2. The molecule has 5 heteroatoms. The predicted octanol–water partition coefficient (Wildman–Crippen LogP) is 2.74. The zero-order chi connectivity index (χ0) is 14.7.